The summed E-state index contributed by atoms with van der Waals surface area (Å²) < 4.78 is 1.13. The number of hydrogen-bond donors (Lipinski definition) is 1. The predicted octanol–water partition coefficient (Wildman–Crippen LogP) is 3.88. The van der Waals surface area contributed by atoms with Crippen LogP contribution in [0.15, 0.2) is 15.9 Å². The Morgan fingerprint density at radius 1 is 1.57 bits per heavy atom. The van der Waals surface area contributed by atoms with E-state index in [9.17, 15) is 4.79 Å². The molecule has 1 aromatic rings. The molecule has 1 N–H and O–H groups in total. The Morgan fingerprint density at radius 2 is 2.38 bits per heavy atom. The van der Waals surface area contributed by atoms with Crippen molar-refractivity contribution >= 4 is 33.2 Å². The Morgan fingerprint density at radius 3 is 2.95 bits per heavy atom. The topological polar surface area (TPSA) is 32.3 Å². The van der Waals surface area contributed by atoms with Crippen molar-refractivity contribution in [2.75, 3.05) is 19.6 Å². The quantitative estimate of drug-likeness (QED) is 0.821. The summed E-state index contributed by atoms with van der Waals surface area (Å²) in [6.07, 6.45) is 3.17. The minimum atomic E-state index is 0.292. The number of amides is 1. The Labute approximate surface area is 140 Å². The standard InChI is InChI=1S/C16H25BrN2OS/c1-3-19(11-14-6-7-15(17)21-14)16(20)9-12(2)13-5-4-8-18-10-13/h6-7,12-13,18H,3-5,8-11H2,1-2H3. The first-order valence-electron chi connectivity index (χ1n) is 7.82. The van der Waals surface area contributed by atoms with Crippen molar-refractivity contribution in [3.8, 4) is 0 Å². The lowest BCUT2D eigenvalue weighted by Crippen LogP contribution is -2.37. The molecule has 2 rings (SSSR count). The highest BCUT2D eigenvalue weighted by Gasteiger charge is 2.24. The van der Waals surface area contributed by atoms with Gasteiger partial charge in [-0.05, 0) is 72.8 Å². The molecule has 1 aliphatic rings. The molecule has 0 saturated carbocycles. The van der Waals surface area contributed by atoms with Crippen LogP contribution in [0.4, 0.5) is 0 Å². The molecule has 0 aromatic carbocycles. The first-order valence-corrected chi connectivity index (χ1v) is 9.43. The number of rotatable bonds is 6. The van der Waals surface area contributed by atoms with Gasteiger partial charge in [0.05, 0.1) is 10.3 Å². The van der Waals surface area contributed by atoms with Crippen LogP contribution in [0.1, 0.15) is 38.0 Å². The van der Waals surface area contributed by atoms with Crippen molar-refractivity contribution in [1.29, 1.82) is 0 Å². The lowest BCUT2D eigenvalue weighted by Gasteiger charge is -2.29. The van der Waals surface area contributed by atoms with Crippen LogP contribution < -0.4 is 5.32 Å². The van der Waals surface area contributed by atoms with E-state index in [1.54, 1.807) is 11.3 Å². The summed E-state index contributed by atoms with van der Waals surface area (Å²) in [7, 11) is 0. The van der Waals surface area contributed by atoms with Crippen LogP contribution in [0.5, 0.6) is 0 Å². The van der Waals surface area contributed by atoms with Gasteiger partial charge in [-0.25, -0.2) is 0 Å². The average Bonchev–Trinajstić information content (AvgIpc) is 2.90. The molecule has 1 fully saturated rings. The SMILES string of the molecule is CCN(Cc1ccc(Br)s1)C(=O)CC(C)C1CCCNC1. The van der Waals surface area contributed by atoms with Gasteiger partial charge in [0.15, 0.2) is 0 Å². The first kappa shape index (κ1) is 17.0. The second kappa shape index (κ2) is 8.30. The van der Waals surface area contributed by atoms with Crippen LogP contribution in [0.3, 0.4) is 0 Å². The van der Waals surface area contributed by atoms with Gasteiger partial charge in [-0.2, -0.15) is 0 Å². The third-order valence-electron chi connectivity index (χ3n) is 4.35. The van der Waals surface area contributed by atoms with Gasteiger partial charge in [-0.15, -0.1) is 11.3 Å². The molecule has 1 amide bonds. The molecule has 2 atom stereocenters. The molecule has 118 valence electrons. The van der Waals surface area contributed by atoms with E-state index in [1.165, 1.54) is 17.7 Å². The van der Waals surface area contributed by atoms with Gasteiger partial charge in [0.1, 0.15) is 0 Å². The highest BCUT2D eigenvalue weighted by atomic mass is 79.9. The van der Waals surface area contributed by atoms with Gasteiger partial charge in [0.25, 0.3) is 0 Å². The number of nitrogens with one attached hydrogen (secondary N) is 1. The highest BCUT2D eigenvalue weighted by molar-refractivity contribution is 9.11. The van der Waals surface area contributed by atoms with Crippen molar-refractivity contribution in [3.05, 3.63) is 20.8 Å². The van der Waals surface area contributed by atoms with Crippen molar-refractivity contribution < 1.29 is 4.79 Å². The Balaban J connectivity index is 1.87. The molecule has 0 bridgehead atoms. The maximum atomic E-state index is 12.5. The molecular weight excluding hydrogens is 348 g/mol. The number of halogens is 1. The number of hydrogen-bond acceptors (Lipinski definition) is 3. The Hall–Kier alpha value is -0.390. The zero-order chi connectivity index (χ0) is 15.2. The van der Waals surface area contributed by atoms with Crippen LogP contribution >= 0.6 is 27.3 Å². The summed E-state index contributed by atoms with van der Waals surface area (Å²) in [6.45, 7) is 8.01. The molecule has 1 aromatic heterocycles. The molecule has 0 spiro atoms. The fourth-order valence-electron chi connectivity index (χ4n) is 2.94. The number of nitrogens with zero attached hydrogens (tertiary/aromatic N) is 1. The van der Waals surface area contributed by atoms with Crippen molar-refractivity contribution in [3.63, 3.8) is 0 Å². The fraction of sp³-hybridized carbons (Fsp3) is 0.688. The maximum Gasteiger partial charge on any atom is 0.223 e. The van der Waals surface area contributed by atoms with E-state index in [0.717, 1.165) is 30.0 Å². The van der Waals surface area contributed by atoms with E-state index >= 15 is 0 Å². The van der Waals surface area contributed by atoms with Crippen LogP contribution in [0.25, 0.3) is 0 Å². The molecule has 2 heterocycles. The summed E-state index contributed by atoms with van der Waals surface area (Å²) in [5.41, 5.74) is 0. The summed E-state index contributed by atoms with van der Waals surface area (Å²) in [5, 5.41) is 3.45. The minimum Gasteiger partial charge on any atom is -0.338 e. The largest absolute Gasteiger partial charge is 0.338 e. The predicted molar refractivity (Wildman–Crippen MR) is 92.5 cm³/mol. The molecule has 1 aliphatic heterocycles. The summed E-state index contributed by atoms with van der Waals surface area (Å²) >= 11 is 5.19. The third-order valence-corrected chi connectivity index (χ3v) is 5.95. The van der Waals surface area contributed by atoms with Crippen LogP contribution in [0, 0.1) is 11.8 Å². The smallest absolute Gasteiger partial charge is 0.223 e. The van der Waals surface area contributed by atoms with Crippen molar-refractivity contribution in [1.82, 2.24) is 10.2 Å². The van der Waals surface area contributed by atoms with E-state index in [0.29, 0.717) is 24.2 Å². The zero-order valence-corrected chi connectivity index (χ0v) is 15.3. The van der Waals surface area contributed by atoms with E-state index in [4.69, 9.17) is 0 Å². The number of thiophene rings is 1. The normalized spacial score (nSPS) is 20.2. The lowest BCUT2D eigenvalue weighted by atomic mass is 9.85. The first-order chi connectivity index (χ1) is 10.1. The van der Waals surface area contributed by atoms with Crippen LogP contribution in [-0.4, -0.2) is 30.4 Å². The van der Waals surface area contributed by atoms with Crippen LogP contribution in [-0.2, 0) is 11.3 Å². The van der Waals surface area contributed by atoms with Crippen LogP contribution in [0.2, 0.25) is 0 Å². The molecule has 21 heavy (non-hydrogen) atoms. The Bertz CT molecular complexity index is 457. The number of carbonyl (C=O) groups excluding carboxylic acids is 1. The molecule has 1 saturated heterocycles. The van der Waals surface area contributed by atoms with Gasteiger partial charge in [-0.3, -0.25) is 4.79 Å². The van der Waals surface area contributed by atoms with Crippen molar-refractivity contribution in [2.45, 2.75) is 39.7 Å². The monoisotopic (exact) mass is 372 g/mol. The third kappa shape index (κ3) is 5.08. The summed E-state index contributed by atoms with van der Waals surface area (Å²) in [4.78, 5) is 15.8. The molecule has 0 aliphatic carbocycles. The van der Waals surface area contributed by atoms with E-state index in [-0.39, 0.29) is 0 Å². The van der Waals surface area contributed by atoms with E-state index < -0.39 is 0 Å². The molecule has 2 unspecified atom stereocenters. The van der Waals surface area contributed by atoms with Gasteiger partial charge < -0.3 is 10.2 Å². The maximum absolute atomic E-state index is 12.5. The van der Waals surface area contributed by atoms with Crippen molar-refractivity contribution in [2.24, 2.45) is 11.8 Å². The Kier molecular flexibility index (Phi) is 6.71. The average molecular weight is 373 g/mol. The molecular formula is C16H25BrN2OS. The molecule has 3 nitrogen and oxygen atoms in total. The lowest BCUT2D eigenvalue weighted by molar-refractivity contribution is -0.132. The number of piperidine rings is 1. The second-order valence-corrected chi connectivity index (χ2v) is 8.45. The number of carbonyl (C=O) groups is 1. The van der Waals surface area contributed by atoms with Gasteiger partial charge >= 0.3 is 0 Å². The van der Waals surface area contributed by atoms with E-state index in [1.807, 2.05) is 4.90 Å². The summed E-state index contributed by atoms with van der Waals surface area (Å²) in [5.74, 6) is 1.41. The fourth-order valence-corrected chi connectivity index (χ4v) is 4.44. The molecule has 5 heteroatoms. The summed E-state index contributed by atoms with van der Waals surface area (Å²) in [6, 6.07) is 4.15. The molecule has 0 radical (unpaired) electrons. The van der Waals surface area contributed by atoms with E-state index in [2.05, 4.69) is 47.2 Å². The zero-order valence-electron chi connectivity index (χ0n) is 12.9. The van der Waals surface area contributed by atoms with Gasteiger partial charge in [0, 0.05) is 17.8 Å². The van der Waals surface area contributed by atoms with Gasteiger partial charge in [-0.1, -0.05) is 6.92 Å². The minimum absolute atomic E-state index is 0.292. The van der Waals surface area contributed by atoms with Gasteiger partial charge in [0.2, 0.25) is 5.91 Å². The second-order valence-electron chi connectivity index (χ2n) is 5.90. The highest BCUT2D eigenvalue weighted by Crippen LogP contribution is 2.25.